The fourth-order valence-electron chi connectivity index (χ4n) is 6.64. The van der Waals surface area contributed by atoms with E-state index in [2.05, 4.69) is 20.8 Å². The first-order valence-corrected chi connectivity index (χ1v) is 9.02. The summed E-state index contributed by atoms with van der Waals surface area (Å²) >= 11 is 0. The third-order valence-corrected chi connectivity index (χ3v) is 7.65. The number of hydrogen-bond donors (Lipinski definition) is 1. The van der Waals surface area contributed by atoms with Gasteiger partial charge in [0.1, 0.15) is 0 Å². The Morgan fingerprint density at radius 1 is 1.00 bits per heavy atom. The molecule has 0 radical (unpaired) electrons. The maximum Gasteiger partial charge on any atom is 0.0540 e. The lowest BCUT2D eigenvalue weighted by Crippen LogP contribution is -2.53. The van der Waals surface area contributed by atoms with Gasteiger partial charge in [-0.1, -0.05) is 27.2 Å². The molecule has 0 spiro atoms. The van der Waals surface area contributed by atoms with Crippen LogP contribution in [0.2, 0.25) is 0 Å². The van der Waals surface area contributed by atoms with Crippen LogP contribution < -0.4 is 0 Å². The van der Waals surface area contributed by atoms with E-state index < -0.39 is 0 Å². The molecule has 0 aliphatic heterocycles. The van der Waals surface area contributed by atoms with E-state index in [1.807, 2.05) is 6.92 Å². The van der Waals surface area contributed by atoms with Crippen LogP contribution in [0.25, 0.3) is 0 Å². The molecule has 0 aromatic heterocycles. The van der Waals surface area contributed by atoms with Crippen molar-refractivity contribution in [2.24, 2.45) is 34.5 Å². The van der Waals surface area contributed by atoms with Crippen molar-refractivity contribution in [3.8, 4) is 0 Å². The van der Waals surface area contributed by atoms with E-state index in [0.717, 1.165) is 17.8 Å². The Kier molecular flexibility index (Phi) is 3.72. The predicted molar refractivity (Wildman–Crippen MR) is 84.5 cm³/mol. The van der Waals surface area contributed by atoms with E-state index in [-0.39, 0.29) is 6.10 Å². The van der Waals surface area contributed by atoms with Crippen molar-refractivity contribution < 1.29 is 5.11 Å². The second-order valence-electron chi connectivity index (χ2n) is 9.16. The van der Waals surface area contributed by atoms with Gasteiger partial charge in [0.25, 0.3) is 0 Å². The van der Waals surface area contributed by atoms with Crippen molar-refractivity contribution >= 4 is 0 Å². The number of aliphatic hydroxyl groups is 1. The summed E-state index contributed by atoms with van der Waals surface area (Å²) in [4.78, 5) is 0. The van der Waals surface area contributed by atoms with Gasteiger partial charge in [-0.2, -0.15) is 0 Å². The maximum absolute atomic E-state index is 9.95. The lowest BCUT2D eigenvalue weighted by Gasteiger charge is -2.61. The molecule has 0 saturated heterocycles. The van der Waals surface area contributed by atoms with Crippen LogP contribution in [-0.2, 0) is 0 Å². The first-order chi connectivity index (χ1) is 9.34. The van der Waals surface area contributed by atoms with Gasteiger partial charge in [0.2, 0.25) is 0 Å². The highest BCUT2D eigenvalue weighted by atomic mass is 16.3. The van der Waals surface area contributed by atoms with Crippen LogP contribution in [0.5, 0.6) is 0 Å². The number of hydrogen-bond acceptors (Lipinski definition) is 1. The molecule has 3 aliphatic carbocycles. The Morgan fingerprint density at radius 3 is 2.45 bits per heavy atom. The highest BCUT2D eigenvalue weighted by molar-refractivity contribution is 5.04. The second-order valence-corrected chi connectivity index (χ2v) is 9.16. The van der Waals surface area contributed by atoms with Crippen molar-refractivity contribution in [3.05, 3.63) is 0 Å². The quantitative estimate of drug-likeness (QED) is 0.713. The van der Waals surface area contributed by atoms with Gasteiger partial charge < -0.3 is 5.11 Å². The standard InChI is InChI=1S/C19H34O/c1-13(20)14-6-8-16-15(12-14)7-9-17-18(2,3)10-5-11-19(16,17)4/h13-17,20H,5-12H2,1-4H3/t13?,14-,15-,16-,17?,19+/m0/s1. The van der Waals surface area contributed by atoms with E-state index in [0.29, 0.717) is 16.7 Å². The monoisotopic (exact) mass is 278 g/mol. The molecule has 3 aliphatic rings. The summed E-state index contributed by atoms with van der Waals surface area (Å²) in [7, 11) is 0. The van der Waals surface area contributed by atoms with Crippen LogP contribution in [0.1, 0.15) is 79.1 Å². The minimum Gasteiger partial charge on any atom is -0.393 e. The number of aliphatic hydroxyl groups excluding tert-OH is 1. The zero-order valence-corrected chi connectivity index (χ0v) is 14.0. The molecule has 0 aromatic carbocycles. The third-order valence-electron chi connectivity index (χ3n) is 7.65. The van der Waals surface area contributed by atoms with E-state index >= 15 is 0 Å². The van der Waals surface area contributed by atoms with Crippen LogP contribution in [0.3, 0.4) is 0 Å². The summed E-state index contributed by atoms with van der Waals surface area (Å²) in [6.07, 6.45) is 11.0. The third kappa shape index (κ3) is 2.25. The number of fused-ring (bicyclic) bond motifs is 3. The highest BCUT2D eigenvalue weighted by Crippen LogP contribution is 2.64. The van der Waals surface area contributed by atoms with Gasteiger partial charge in [-0.3, -0.25) is 0 Å². The molecule has 3 saturated carbocycles. The first-order valence-electron chi connectivity index (χ1n) is 9.02. The topological polar surface area (TPSA) is 20.2 Å². The van der Waals surface area contributed by atoms with Gasteiger partial charge in [0.15, 0.2) is 0 Å². The highest BCUT2D eigenvalue weighted by Gasteiger charge is 2.55. The van der Waals surface area contributed by atoms with Crippen LogP contribution in [0, 0.1) is 34.5 Å². The van der Waals surface area contributed by atoms with E-state index in [1.54, 1.807) is 0 Å². The smallest absolute Gasteiger partial charge is 0.0540 e. The van der Waals surface area contributed by atoms with E-state index in [1.165, 1.54) is 51.4 Å². The number of rotatable bonds is 1. The molecule has 116 valence electrons. The molecule has 0 amide bonds. The van der Waals surface area contributed by atoms with E-state index in [4.69, 9.17) is 0 Å². The van der Waals surface area contributed by atoms with Gasteiger partial charge in [0, 0.05) is 0 Å². The largest absolute Gasteiger partial charge is 0.393 e. The molecular formula is C19H34O. The van der Waals surface area contributed by atoms with Gasteiger partial charge in [0.05, 0.1) is 6.10 Å². The zero-order valence-electron chi connectivity index (χ0n) is 14.0. The average Bonchev–Trinajstić information content (AvgIpc) is 2.37. The van der Waals surface area contributed by atoms with Crippen molar-refractivity contribution in [2.75, 3.05) is 0 Å². The Hall–Kier alpha value is -0.0400. The summed E-state index contributed by atoms with van der Waals surface area (Å²) in [6.45, 7) is 9.67. The normalized spacial score (nSPS) is 49.0. The summed E-state index contributed by atoms with van der Waals surface area (Å²) in [5.74, 6) is 3.36. The van der Waals surface area contributed by atoms with Gasteiger partial charge in [-0.05, 0) is 86.4 Å². The lowest BCUT2D eigenvalue weighted by atomic mass is 9.44. The van der Waals surface area contributed by atoms with Crippen molar-refractivity contribution in [1.82, 2.24) is 0 Å². The molecule has 0 heterocycles. The summed E-state index contributed by atoms with van der Waals surface area (Å²) in [5.41, 5.74) is 1.15. The Morgan fingerprint density at radius 2 is 1.75 bits per heavy atom. The molecule has 20 heavy (non-hydrogen) atoms. The Balaban J connectivity index is 1.81. The molecule has 1 heteroatoms. The van der Waals surface area contributed by atoms with Crippen molar-refractivity contribution in [3.63, 3.8) is 0 Å². The fraction of sp³-hybridized carbons (Fsp3) is 1.00. The summed E-state index contributed by atoms with van der Waals surface area (Å²) < 4.78 is 0. The van der Waals surface area contributed by atoms with Crippen LogP contribution in [-0.4, -0.2) is 11.2 Å². The summed E-state index contributed by atoms with van der Waals surface area (Å²) in [6, 6.07) is 0. The fourth-order valence-corrected chi connectivity index (χ4v) is 6.64. The van der Waals surface area contributed by atoms with Crippen LogP contribution in [0.4, 0.5) is 0 Å². The molecule has 1 nitrogen and oxygen atoms in total. The molecule has 3 fully saturated rings. The molecule has 6 atom stereocenters. The minimum atomic E-state index is -0.0933. The second kappa shape index (κ2) is 5.00. The molecular weight excluding hydrogens is 244 g/mol. The maximum atomic E-state index is 9.95. The summed E-state index contributed by atoms with van der Waals surface area (Å²) in [5, 5.41) is 9.95. The zero-order chi connectivity index (χ0) is 14.5. The van der Waals surface area contributed by atoms with Gasteiger partial charge in [-0.15, -0.1) is 0 Å². The average molecular weight is 278 g/mol. The van der Waals surface area contributed by atoms with Gasteiger partial charge in [-0.25, -0.2) is 0 Å². The van der Waals surface area contributed by atoms with Crippen molar-refractivity contribution in [2.45, 2.75) is 85.2 Å². The lowest BCUT2D eigenvalue weighted by molar-refractivity contribution is -0.120. The Labute approximate surface area is 125 Å². The Bertz CT molecular complexity index is 359. The van der Waals surface area contributed by atoms with Crippen LogP contribution >= 0.6 is 0 Å². The molecule has 3 rings (SSSR count). The molecule has 1 N–H and O–H groups in total. The van der Waals surface area contributed by atoms with Crippen LogP contribution in [0.15, 0.2) is 0 Å². The van der Waals surface area contributed by atoms with E-state index in [9.17, 15) is 5.11 Å². The minimum absolute atomic E-state index is 0.0933. The molecule has 0 bridgehead atoms. The molecule has 0 aromatic rings. The first kappa shape index (κ1) is 14.9. The molecule has 2 unspecified atom stereocenters. The van der Waals surface area contributed by atoms with Crippen molar-refractivity contribution in [1.29, 1.82) is 0 Å². The van der Waals surface area contributed by atoms with Gasteiger partial charge >= 0.3 is 0 Å². The predicted octanol–water partition coefficient (Wildman–Crippen LogP) is 5.03. The SMILES string of the molecule is CC(O)[C@H]1CC[C@H]2[C@@H](CCC3C(C)(C)CCC[C@@]32C)C1.